The zero-order chi connectivity index (χ0) is 8.59. The minimum absolute atomic E-state index is 0.488. The van der Waals surface area contributed by atoms with Gasteiger partial charge >= 0.3 is 0 Å². The van der Waals surface area contributed by atoms with Crippen LogP contribution in [0.15, 0.2) is 11.3 Å². The van der Waals surface area contributed by atoms with E-state index in [4.69, 9.17) is 10.4 Å². The minimum Gasteiger partial charge on any atom is -0.502 e. The Bertz CT molecular complexity index is 310. The Morgan fingerprint density at radius 3 is 2.18 bits per heavy atom. The molecule has 0 saturated carbocycles. The maximum absolute atomic E-state index is 10.8. The molecule has 11 heavy (non-hydrogen) atoms. The van der Waals surface area contributed by atoms with E-state index in [2.05, 4.69) is 0 Å². The number of nitrogens with zero attached hydrogens (tertiary/aromatic N) is 2. The molecule has 0 atom stereocenters. The van der Waals surface area contributed by atoms with Crippen molar-refractivity contribution in [3.63, 3.8) is 0 Å². The van der Waals surface area contributed by atoms with Crippen LogP contribution in [0.4, 0.5) is 0 Å². The Morgan fingerprint density at radius 1 is 1.45 bits per heavy atom. The average molecular weight is 152 g/mol. The fourth-order valence-electron chi connectivity index (χ4n) is 0.728. The number of aliphatic hydroxyl groups excluding tert-OH is 1. The van der Waals surface area contributed by atoms with E-state index in [1.807, 2.05) is 0 Å². The van der Waals surface area contributed by atoms with Crippen molar-refractivity contribution in [2.24, 2.45) is 0 Å². The number of carbonyl (C=O) groups is 2. The van der Waals surface area contributed by atoms with Crippen molar-refractivity contribution in [3.8, 4) is 6.07 Å². The summed E-state index contributed by atoms with van der Waals surface area (Å²) < 4.78 is 0. The molecule has 5 nitrogen and oxygen atoms in total. The summed E-state index contributed by atoms with van der Waals surface area (Å²) in [7, 11) is 1.20. The topological polar surface area (TPSA) is 81.4 Å². The lowest BCUT2D eigenvalue weighted by Crippen LogP contribution is -2.26. The first-order chi connectivity index (χ1) is 5.09. The second-order valence-electron chi connectivity index (χ2n) is 2.00. The van der Waals surface area contributed by atoms with E-state index in [1.165, 1.54) is 13.1 Å². The third kappa shape index (κ3) is 0.765. The highest BCUT2D eigenvalue weighted by atomic mass is 16.3. The van der Waals surface area contributed by atoms with Crippen molar-refractivity contribution in [1.82, 2.24) is 4.90 Å². The van der Waals surface area contributed by atoms with Crippen molar-refractivity contribution >= 4 is 11.8 Å². The van der Waals surface area contributed by atoms with E-state index in [9.17, 15) is 9.59 Å². The summed E-state index contributed by atoms with van der Waals surface area (Å²) in [5.41, 5.74) is -0.488. The second-order valence-corrected chi connectivity index (χ2v) is 2.00. The van der Waals surface area contributed by atoms with Crippen LogP contribution in [0.3, 0.4) is 0 Å². The number of likely N-dealkylation sites (N-methyl/N-ethyl adjacent to an activating group) is 1. The second kappa shape index (κ2) is 2.09. The highest BCUT2D eigenvalue weighted by molar-refractivity contribution is 6.19. The Hall–Kier alpha value is -1.83. The zero-order valence-corrected chi connectivity index (χ0v) is 5.66. The number of nitriles is 1. The van der Waals surface area contributed by atoms with Crippen LogP contribution in [0.1, 0.15) is 0 Å². The number of imide groups is 1. The number of carbonyl (C=O) groups excluding carboxylic acids is 2. The molecule has 1 aliphatic heterocycles. The molecule has 0 spiro atoms. The first kappa shape index (κ1) is 7.28. The lowest BCUT2D eigenvalue weighted by atomic mass is 10.3. The van der Waals surface area contributed by atoms with Gasteiger partial charge in [-0.3, -0.25) is 14.5 Å². The monoisotopic (exact) mass is 152 g/mol. The Labute approximate surface area is 62.1 Å². The van der Waals surface area contributed by atoms with Gasteiger partial charge in [-0.2, -0.15) is 5.26 Å². The van der Waals surface area contributed by atoms with Crippen LogP contribution in [-0.2, 0) is 9.59 Å². The Balaban J connectivity index is 3.21. The van der Waals surface area contributed by atoms with E-state index in [0.717, 1.165) is 0 Å². The van der Waals surface area contributed by atoms with Gasteiger partial charge in [-0.25, -0.2) is 0 Å². The maximum Gasteiger partial charge on any atom is 0.296 e. The fraction of sp³-hybridized carbons (Fsp3) is 0.167. The first-order valence-corrected chi connectivity index (χ1v) is 2.75. The number of hydrogen-bond donors (Lipinski definition) is 1. The van der Waals surface area contributed by atoms with Gasteiger partial charge < -0.3 is 5.11 Å². The molecular formula is C6H4N2O3. The van der Waals surface area contributed by atoms with Crippen LogP contribution in [-0.4, -0.2) is 28.9 Å². The molecule has 0 radical (unpaired) electrons. The first-order valence-electron chi connectivity index (χ1n) is 2.75. The van der Waals surface area contributed by atoms with Crippen molar-refractivity contribution in [3.05, 3.63) is 11.3 Å². The number of amides is 2. The van der Waals surface area contributed by atoms with Crippen LogP contribution < -0.4 is 0 Å². The van der Waals surface area contributed by atoms with Gasteiger partial charge in [-0.1, -0.05) is 0 Å². The maximum atomic E-state index is 10.8. The van der Waals surface area contributed by atoms with Gasteiger partial charge in [0, 0.05) is 7.05 Å². The molecule has 56 valence electrons. The summed E-state index contributed by atoms with van der Waals surface area (Å²) in [6, 6.07) is 1.44. The zero-order valence-electron chi connectivity index (χ0n) is 5.66. The Kier molecular flexibility index (Phi) is 1.38. The predicted molar refractivity (Wildman–Crippen MR) is 33.0 cm³/mol. The Morgan fingerprint density at radius 2 is 2.00 bits per heavy atom. The van der Waals surface area contributed by atoms with Crippen LogP contribution in [0.2, 0.25) is 0 Å². The standard InChI is InChI=1S/C6H4N2O3/c1-8-5(10)3(2-7)4(9)6(8)11/h9H,1H3. The molecule has 0 saturated heterocycles. The average Bonchev–Trinajstić information content (AvgIpc) is 2.17. The quantitative estimate of drug-likeness (QED) is 0.466. The van der Waals surface area contributed by atoms with Crippen molar-refractivity contribution < 1.29 is 14.7 Å². The third-order valence-electron chi connectivity index (χ3n) is 1.37. The molecule has 0 aromatic heterocycles. The van der Waals surface area contributed by atoms with Crippen LogP contribution in [0.25, 0.3) is 0 Å². The van der Waals surface area contributed by atoms with Crippen molar-refractivity contribution in [1.29, 1.82) is 5.26 Å². The summed E-state index contributed by atoms with van der Waals surface area (Å²) in [4.78, 5) is 22.2. The van der Waals surface area contributed by atoms with E-state index in [-0.39, 0.29) is 0 Å². The molecule has 5 heteroatoms. The molecule has 0 fully saturated rings. The summed E-state index contributed by atoms with van der Waals surface area (Å²) >= 11 is 0. The third-order valence-corrected chi connectivity index (χ3v) is 1.37. The minimum atomic E-state index is -0.827. The molecule has 1 heterocycles. The number of hydrogen-bond acceptors (Lipinski definition) is 4. The summed E-state index contributed by atoms with van der Waals surface area (Å²) in [5, 5.41) is 17.1. The lowest BCUT2D eigenvalue weighted by Gasteiger charge is -2.02. The van der Waals surface area contributed by atoms with Crippen LogP contribution in [0.5, 0.6) is 0 Å². The van der Waals surface area contributed by atoms with E-state index < -0.39 is 23.1 Å². The molecule has 0 unspecified atom stereocenters. The lowest BCUT2D eigenvalue weighted by molar-refractivity contribution is -0.136. The predicted octanol–water partition coefficient (Wildman–Crippen LogP) is -0.679. The van der Waals surface area contributed by atoms with E-state index in [1.54, 1.807) is 0 Å². The van der Waals surface area contributed by atoms with Crippen LogP contribution >= 0.6 is 0 Å². The largest absolute Gasteiger partial charge is 0.502 e. The highest BCUT2D eigenvalue weighted by Crippen LogP contribution is 2.15. The molecule has 1 rings (SSSR count). The number of aliphatic hydroxyl groups is 1. The van der Waals surface area contributed by atoms with Gasteiger partial charge in [0.05, 0.1) is 0 Å². The fourth-order valence-corrected chi connectivity index (χ4v) is 0.728. The van der Waals surface area contributed by atoms with Gasteiger partial charge in [0.15, 0.2) is 5.57 Å². The van der Waals surface area contributed by atoms with Gasteiger partial charge in [-0.05, 0) is 0 Å². The molecule has 0 aliphatic carbocycles. The highest BCUT2D eigenvalue weighted by Gasteiger charge is 2.35. The van der Waals surface area contributed by atoms with Crippen LogP contribution in [0, 0.1) is 11.3 Å². The van der Waals surface area contributed by atoms with Gasteiger partial charge in [0.2, 0.25) is 5.76 Å². The van der Waals surface area contributed by atoms with E-state index in [0.29, 0.717) is 4.90 Å². The van der Waals surface area contributed by atoms with Gasteiger partial charge in [0.1, 0.15) is 6.07 Å². The molecule has 0 aromatic rings. The summed E-state index contributed by atoms with van der Waals surface area (Å²) in [6.45, 7) is 0. The molecular weight excluding hydrogens is 148 g/mol. The van der Waals surface area contributed by atoms with Crippen molar-refractivity contribution in [2.75, 3.05) is 7.05 Å². The number of rotatable bonds is 0. The van der Waals surface area contributed by atoms with Gasteiger partial charge in [-0.15, -0.1) is 0 Å². The molecule has 1 aliphatic rings. The molecule has 0 aromatic carbocycles. The van der Waals surface area contributed by atoms with Crippen molar-refractivity contribution in [2.45, 2.75) is 0 Å². The smallest absolute Gasteiger partial charge is 0.296 e. The van der Waals surface area contributed by atoms with Gasteiger partial charge in [0.25, 0.3) is 11.8 Å². The summed E-state index contributed by atoms with van der Waals surface area (Å²) in [6.07, 6.45) is 0. The molecule has 2 amide bonds. The molecule has 0 bridgehead atoms. The summed E-state index contributed by atoms with van der Waals surface area (Å²) in [5.74, 6) is -2.35. The normalized spacial score (nSPS) is 17.6. The molecule has 1 N–H and O–H groups in total. The SMILES string of the molecule is CN1C(=O)C(O)=C(C#N)C1=O. The van der Waals surface area contributed by atoms with E-state index >= 15 is 0 Å².